The van der Waals surface area contributed by atoms with E-state index < -0.39 is 21.0 Å². The van der Waals surface area contributed by atoms with Crippen LogP contribution in [0.25, 0.3) is 0 Å². The van der Waals surface area contributed by atoms with Crippen molar-refractivity contribution in [2.75, 3.05) is 13.1 Å². The van der Waals surface area contributed by atoms with Crippen molar-refractivity contribution in [2.24, 2.45) is 8.73 Å². The molecular formula is C3H6N2O4S2. The Labute approximate surface area is 66.7 Å². The van der Waals surface area contributed by atoms with Crippen molar-refractivity contribution in [1.82, 2.24) is 0 Å². The third kappa shape index (κ3) is 9.24. The molecule has 0 rings (SSSR count). The van der Waals surface area contributed by atoms with E-state index >= 15 is 0 Å². The third-order valence-electron chi connectivity index (χ3n) is 0.710. The van der Waals surface area contributed by atoms with Crippen molar-refractivity contribution in [3.05, 3.63) is 0 Å². The molecule has 0 N–H and O–H groups in total. The molecule has 0 aliphatic heterocycles. The Morgan fingerprint density at radius 1 is 0.818 bits per heavy atom. The SMILES string of the molecule is O=S(=O)=NCCCN=S(=O)=O. The lowest BCUT2D eigenvalue weighted by atomic mass is 10.4. The van der Waals surface area contributed by atoms with Crippen LogP contribution in [0.1, 0.15) is 6.42 Å². The molecule has 0 heterocycles. The highest BCUT2D eigenvalue weighted by molar-refractivity contribution is 7.61. The fourth-order valence-electron chi connectivity index (χ4n) is 0.349. The molecule has 0 amide bonds. The fourth-order valence-corrected chi connectivity index (χ4v) is 0.905. The molecule has 0 aliphatic carbocycles. The lowest BCUT2D eigenvalue weighted by molar-refractivity contribution is 0.619. The molecule has 0 saturated heterocycles. The Morgan fingerprint density at radius 2 is 1.18 bits per heavy atom. The van der Waals surface area contributed by atoms with Crippen molar-refractivity contribution in [1.29, 1.82) is 0 Å². The third-order valence-corrected chi connectivity index (χ3v) is 1.50. The normalized spacial score (nSPS) is 8.73. The maximum absolute atomic E-state index is 9.78. The largest absolute Gasteiger partial charge is 0.311 e. The van der Waals surface area contributed by atoms with Crippen LogP contribution in [0.15, 0.2) is 8.73 Å². The monoisotopic (exact) mass is 198 g/mol. The van der Waals surface area contributed by atoms with Gasteiger partial charge in [0.2, 0.25) is 0 Å². The van der Waals surface area contributed by atoms with Gasteiger partial charge in [0, 0.05) is 0 Å². The summed E-state index contributed by atoms with van der Waals surface area (Å²) in [6, 6.07) is 0. The van der Waals surface area contributed by atoms with Gasteiger partial charge in [-0.15, -0.1) is 0 Å². The van der Waals surface area contributed by atoms with Gasteiger partial charge in [0.05, 0.1) is 13.1 Å². The Morgan fingerprint density at radius 3 is 1.45 bits per heavy atom. The molecule has 0 unspecified atom stereocenters. The lowest BCUT2D eigenvalue weighted by Crippen LogP contribution is -1.84. The van der Waals surface area contributed by atoms with E-state index in [0.717, 1.165) is 0 Å². The smallest absolute Gasteiger partial charge is 0.172 e. The van der Waals surface area contributed by atoms with E-state index in [1.807, 2.05) is 0 Å². The number of nitrogens with zero attached hydrogens (tertiary/aromatic N) is 2. The Bertz CT molecular complexity index is 299. The summed E-state index contributed by atoms with van der Waals surface area (Å²) >= 11 is 0. The van der Waals surface area contributed by atoms with Crippen LogP contribution >= 0.6 is 0 Å². The molecule has 0 bridgehead atoms. The van der Waals surface area contributed by atoms with Crippen LogP contribution in [-0.4, -0.2) is 29.9 Å². The zero-order valence-corrected chi connectivity index (χ0v) is 7.10. The van der Waals surface area contributed by atoms with E-state index in [1.54, 1.807) is 0 Å². The van der Waals surface area contributed by atoms with Crippen LogP contribution in [0.3, 0.4) is 0 Å². The predicted molar refractivity (Wildman–Crippen MR) is 37.0 cm³/mol. The van der Waals surface area contributed by atoms with Crippen molar-refractivity contribution < 1.29 is 16.8 Å². The molecule has 0 radical (unpaired) electrons. The highest BCUT2D eigenvalue weighted by atomic mass is 32.2. The van der Waals surface area contributed by atoms with Crippen LogP contribution in [0.4, 0.5) is 0 Å². The minimum atomic E-state index is -2.40. The fraction of sp³-hybridized carbons (Fsp3) is 1.00. The summed E-state index contributed by atoms with van der Waals surface area (Å²) in [5.74, 6) is 0. The van der Waals surface area contributed by atoms with Gasteiger partial charge in [-0.3, -0.25) is 0 Å². The van der Waals surface area contributed by atoms with Gasteiger partial charge >= 0.3 is 21.0 Å². The first kappa shape index (κ1) is 10.2. The molecule has 11 heavy (non-hydrogen) atoms. The molecule has 0 spiro atoms. The van der Waals surface area contributed by atoms with E-state index in [-0.39, 0.29) is 13.1 Å². The van der Waals surface area contributed by atoms with Crippen molar-refractivity contribution in [2.45, 2.75) is 6.42 Å². The Balaban J connectivity index is 3.61. The van der Waals surface area contributed by atoms with E-state index in [4.69, 9.17) is 0 Å². The van der Waals surface area contributed by atoms with Crippen LogP contribution in [0, 0.1) is 0 Å². The van der Waals surface area contributed by atoms with Gasteiger partial charge in [0.25, 0.3) is 0 Å². The minimum absolute atomic E-state index is 0.0802. The summed E-state index contributed by atoms with van der Waals surface area (Å²) in [5, 5.41) is 0. The van der Waals surface area contributed by atoms with E-state index in [1.165, 1.54) is 0 Å². The van der Waals surface area contributed by atoms with Crippen molar-refractivity contribution in [3.63, 3.8) is 0 Å². The summed E-state index contributed by atoms with van der Waals surface area (Å²) < 4.78 is 45.3. The molecule has 0 atom stereocenters. The maximum Gasteiger partial charge on any atom is 0.311 e. The first-order valence-corrected chi connectivity index (χ1v) is 4.73. The zero-order valence-electron chi connectivity index (χ0n) is 5.47. The second-order valence-corrected chi connectivity index (χ2v) is 2.88. The van der Waals surface area contributed by atoms with Gasteiger partial charge < -0.3 is 0 Å². The summed E-state index contributed by atoms with van der Waals surface area (Å²) in [4.78, 5) is 0. The van der Waals surface area contributed by atoms with Crippen molar-refractivity contribution in [3.8, 4) is 0 Å². The highest BCUT2D eigenvalue weighted by Gasteiger charge is 1.82. The van der Waals surface area contributed by atoms with Gasteiger partial charge in [-0.25, -0.2) is 0 Å². The van der Waals surface area contributed by atoms with E-state index in [0.29, 0.717) is 6.42 Å². The second-order valence-electron chi connectivity index (χ2n) is 1.49. The van der Waals surface area contributed by atoms with Gasteiger partial charge in [0.1, 0.15) is 0 Å². The molecule has 0 aromatic carbocycles. The number of hydrogen-bond donors (Lipinski definition) is 0. The molecule has 8 heteroatoms. The average molecular weight is 198 g/mol. The summed E-state index contributed by atoms with van der Waals surface area (Å²) in [5.41, 5.74) is 0. The Hall–Kier alpha value is -0.760. The standard InChI is InChI=1S/C3H6N2O4S2/c6-10(7)4-2-1-3-5-11(8)9/h1-3H2. The molecule has 0 aromatic rings. The van der Waals surface area contributed by atoms with Crippen LogP contribution in [0.5, 0.6) is 0 Å². The number of hydrogen-bond acceptors (Lipinski definition) is 6. The zero-order chi connectivity index (χ0) is 8.69. The second kappa shape index (κ2) is 5.98. The molecule has 6 nitrogen and oxygen atoms in total. The lowest BCUT2D eigenvalue weighted by Gasteiger charge is -1.81. The van der Waals surface area contributed by atoms with Crippen LogP contribution < -0.4 is 0 Å². The van der Waals surface area contributed by atoms with Gasteiger partial charge in [-0.05, 0) is 6.42 Å². The first-order valence-electron chi connectivity index (χ1n) is 2.66. The molecule has 0 fully saturated rings. The van der Waals surface area contributed by atoms with Crippen LogP contribution in [0.2, 0.25) is 0 Å². The van der Waals surface area contributed by atoms with E-state index in [9.17, 15) is 16.8 Å². The molecule has 0 aromatic heterocycles. The van der Waals surface area contributed by atoms with Crippen molar-refractivity contribution >= 4 is 21.0 Å². The summed E-state index contributed by atoms with van der Waals surface area (Å²) in [7, 11) is -4.80. The maximum atomic E-state index is 9.78. The van der Waals surface area contributed by atoms with Gasteiger partial charge in [0.15, 0.2) is 0 Å². The first-order chi connectivity index (χ1) is 5.13. The molecule has 0 aliphatic rings. The topological polar surface area (TPSA) is 93.0 Å². The molecular weight excluding hydrogens is 192 g/mol. The molecule has 64 valence electrons. The summed E-state index contributed by atoms with van der Waals surface area (Å²) in [6.07, 6.45) is 0.321. The predicted octanol–water partition coefficient (Wildman–Crippen LogP) is -0.498. The highest BCUT2D eigenvalue weighted by Crippen LogP contribution is 1.81. The van der Waals surface area contributed by atoms with E-state index in [2.05, 4.69) is 8.73 Å². The number of rotatable bonds is 4. The quantitative estimate of drug-likeness (QED) is 0.569. The minimum Gasteiger partial charge on any atom is -0.172 e. The Kier molecular flexibility index (Phi) is 5.57. The van der Waals surface area contributed by atoms with Crippen LogP contribution in [-0.2, 0) is 21.0 Å². The van der Waals surface area contributed by atoms with Gasteiger partial charge in [-0.2, -0.15) is 25.6 Å². The summed E-state index contributed by atoms with van der Waals surface area (Å²) in [6.45, 7) is 0.160. The van der Waals surface area contributed by atoms with Gasteiger partial charge in [-0.1, -0.05) is 0 Å². The average Bonchev–Trinajstić information content (AvgIpc) is 1.85. The molecule has 0 saturated carbocycles.